The van der Waals surface area contributed by atoms with Crippen LogP contribution in [-0.4, -0.2) is 4.57 Å². The van der Waals surface area contributed by atoms with E-state index >= 15 is 4.57 Å². The lowest BCUT2D eigenvalue weighted by molar-refractivity contribution is 0.590. The number of aromatic nitrogens is 1. The maximum Gasteiger partial charge on any atom is 0.171 e. The van der Waals surface area contributed by atoms with Crippen LogP contribution < -0.4 is 15.9 Å². The van der Waals surface area contributed by atoms with Gasteiger partial charge in [0.05, 0.1) is 11.0 Å². The Morgan fingerprint density at radius 2 is 1.13 bits per heavy atom. The SMILES string of the molecule is C=Cc1ccc(-c2ccc(P(=O)(c3ccccc3)c3ccc4c5ccccc5n(-c5ccc(C(C)(C)C)cc5)c4c3)cc2)cc1. The summed E-state index contributed by atoms with van der Waals surface area (Å²) in [4.78, 5) is 0. The van der Waals surface area contributed by atoms with Crippen LogP contribution >= 0.6 is 7.14 Å². The highest BCUT2D eigenvalue weighted by molar-refractivity contribution is 7.85. The lowest BCUT2D eigenvalue weighted by Crippen LogP contribution is -2.25. The van der Waals surface area contributed by atoms with Gasteiger partial charge in [-0.2, -0.15) is 0 Å². The van der Waals surface area contributed by atoms with E-state index in [0.717, 1.165) is 54.7 Å². The van der Waals surface area contributed by atoms with Gasteiger partial charge in [-0.25, -0.2) is 0 Å². The molecule has 1 heterocycles. The Kier molecular flexibility index (Phi) is 7.19. The molecule has 0 saturated carbocycles. The van der Waals surface area contributed by atoms with Gasteiger partial charge in [-0.3, -0.25) is 0 Å². The number of benzene rings is 6. The zero-order valence-electron chi connectivity index (χ0n) is 25.9. The highest BCUT2D eigenvalue weighted by atomic mass is 31.2. The molecule has 220 valence electrons. The number of fused-ring (bicyclic) bond motifs is 3. The van der Waals surface area contributed by atoms with E-state index in [2.05, 4.69) is 135 Å². The summed E-state index contributed by atoms with van der Waals surface area (Å²) < 4.78 is 17.9. The number of nitrogens with zero attached hydrogens (tertiary/aromatic N) is 1. The van der Waals surface area contributed by atoms with Crippen molar-refractivity contribution in [3.8, 4) is 16.8 Å². The van der Waals surface area contributed by atoms with E-state index in [4.69, 9.17) is 0 Å². The van der Waals surface area contributed by atoms with Gasteiger partial charge >= 0.3 is 0 Å². The van der Waals surface area contributed by atoms with Gasteiger partial charge in [0.25, 0.3) is 0 Å². The third-order valence-corrected chi connectivity index (χ3v) is 11.9. The second kappa shape index (κ2) is 11.2. The average Bonchev–Trinajstić information content (AvgIpc) is 3.42. The molecule has 7 rings (SSSR count). The van der Waals surface area contributed by atoms with Gasteiger partial charge in [0, 0.05) is 32.4 Å². The summed E-state index contributed by atoms with van der Waals surface area (Å²) in [6, 6.07) is 50.2. The van der Waals surface area contributed by atoms with Gasteiger partial charge in [0.1, 0.15) is 0 Å². The van der Waals surface area contributed by atoms with E-state index in [1.165, 1.54) is 10.9 Å². The van der Waals surface area contributed by atoms with Crippen molar-refractivity contribution in [2.75, 3.05) is 0 Å². The number of rotatable bonds is 6. The van der Waals surface area contributed by atoms with Crippen molar-refractivity contribution >= 4 is 50.9 Å². The molecule has 0 N–H and O–H groups in total. The number of hydrogen-bond acceptors (Lipinski definition) is 1. The van der Waals surface area contributed by atoms with E-state index in [9.17, 15) is 0 Å². The Balaban J connectivity index is 1.42. The number of hydrogen-bond donors (Lipinski definition) is 0. The Labute approximate surface area is 265 Å². The highest BCUT2D eigenvalue weighted by Gasteiger charge is 2.31. The first-order valence-corrected chi connectivity index (χ1v) is 17.1. The van der Waals surface area contributed by atoms with Crippen molar-refractivity contribution in [3.63, 3.8) is 0 Å². The van der Waals surface area contributed by atoms with Crippen LogP contribution in [0.3, 0.4) is 0 Å². The van der Waals surface area contributed by atoms with Crippen LogP contribution in [0, 0.1) is 0 Å². The quantitative estimate of drug-likeness (QED) is 0.174. The maximum absolute atomic E-state index is 15.6. The topological polar surface area (TPSA) is 22.0 Å². The van der Waals surface area contributed by atoms with Crippen molar-refractivity contribution in [3.05, 3.63) is 163 Å². The zero-order valence-corrected chi connectivity index (χ0v) is 26.8. The third-order valence-electron chi connectivity index (χ3n) is 8.84. The molecule has 0 aliphatic rings. The molecule has 0 aliphatic heterocycles. The Morgan fingerprint density at radius 3 is 1.78 bits per heavy atom. The standard InChI is InChI=1S/C42H36NOP/c1-5-30-15-17-31(18-16-30)32-19-25-36(26-20-32)45(44,35-11-7-6-8-12-35)37-27-28-39-38-13-9-10-14-40(38)43(41(39)29-37)34-23-21-33(22-24-34)42(2,3)4/h5-29H,1H2,2-4H3. The van der Waals surface area contributed by atoms with E-state index in [-0.39, 0.29) is 5.41 Å². The normalized spacial score (nSPS) is 13.1. The summed E-state index contributed by atoms with van der Waals surface area (Å²) in [5.74, 6) is 0. The van der Waals surface area contributed by atoms with E-state index in [0.29, 0.717) is 0 Å². The van der Waals surface area contributed by atoms with E-state index in [1.54, 1.807) is 0 Å². The van der Waals surface area contributed by atoms with Gasteiger partial charge in [0.2, 0.25) is 0 Å². The summed E-state index contributed by atoms with van der Waals surface area (Å²) in [5.41, 5.74) is 7.92. The summed E-state index contributed by atoms with van der Waals surface area (Å²) in [5, 5.41) is 4.79. The number of para-hydroxylation sites is 1. The van der Waals surface area contributed by atoms with Crippen LogP contribution in [0.15, 0.2) is 152 Å². The molecule has 1 aromatic heterocycles. The minimum Gasteiger partial charge on any atom is -0.309 e. The molecule has 0 amide bonds. The Hall–Kier alpha value is -4.91. The lowest BCUT2D eigenvalue weighted by Gasteiger charge is -2.21. The summed E-state index contributed by atoms with van der Waals surface area (Å²) in [6.07, 6.45) is 1.85. The molecule has 7 aromatic rings. The molecule has 0 aliphatic carbocycles. The van der Waals surface area contributed by atoms with Gasteiger partial charge in [-0.1, -0.05) is 155 Å². The summed E-state index contributed by atoms with van der Waals surface area (Å²) in [7, 11) is -3.22. The van der Waals surface area contributed by atoms with Crippen LogP contribution in [0.25, 0.3) is 44.7 Å². The molecule has 0 bridgehead atoms. The molecule has 1 atom stereocenters. The monoisotopic (exact) mass is 601 g/mol. The van der Waals surface area contributed by atoms with Crippen LogP contribution in [-0.2, 0) is 9.98 Å². The molecule has 0 fully saturated rings. The van der Waals surface area contributed by atoms with Gasteiger partial charge < -0.3 is 9.13 Å². The first-order valence-electron chi connectivity index (χ1n) is 15.4. The zero-order chi connectivity index (χ0) is 31.2. The average molecular weight is 602 g/mol. The van der Waals surface area contributed by atoms with Crippen molar-refractivity contribution in [2.45, 2.75) is 26.2 Å². The van der Waals surface area contributed by atoms with E-state index in [1.807, 2.05) is 48.5 Å². The molecule has 0 radical (unpaired) electrons. The maximum atomic E-state index is 15.6. The van der Waals surface area contributed by atoms with Gasteiger partial charge in [0.15, 0.2) is 7.14 Å². The van der Waals surface area contributed by atoms with Crippen LogP contribution in [0.2, 0.25) is 0 Å². The molecule has 0 spiro atoms. The molecular weight excluding hydrogens is 565 g/mol. The highest BCUT2D eigenvalue weighted by Crippen LogP contribution is 2.44. The third kappa shape index (κ3) is 5.06. The van der Waals surface area contributed by atoms with Crippen LogP contribution in [0.1, 0.15) is 31.9 Å². The molecular formula is C42H36NOP. The van der Waals surface area contributed by atoms with Gasteiger partial charge in [-0.15, -0.1) is 0 Å². The van der Waals surface area contributed by atoms with Crippen molar-refractivity contribution in [1.29, 1.82) is 0 Å². The Morgan fingerprint density at radius 1 is 0.578 bits per heavy atom. The van der Waals surface area contributed by atoms with Crippen LogP contribution in [0.5, 0.6) is 0 Å². The van der Waals surface area contributed by atoms with Crippen molar-refractivity contribution in [2.24, 2.45) is 0 Å². The second-order valence-corrected chi connectivity index (χ2v) is 15.4. The first-order chi connectivity index (χ1) is 21.8. The lowest BCUT2D eigenvalue weighted by atomic mass is 9.87. The molecule has 0 saturated heterocycles. The Bertz CT molecular complexity index is 2200. The molecule has 45 heavy (non-hydrogen) atoms. The molecule has 3 heteroatoms. The largest absolute Gasteiger partial charge is 0.309 e. The summed E-state index contributed by atoms with van der Waals surface area (Å²) in [6.45, 7) is 10.6. The van der Waals surface area contributed by atoms with Crippen LogP contribution in [0.4, 0.5) is 0 Å². The summed E-state index contributed by atoms with van der Waals surface area (Å²) >= 11 is 0. The van der Waals surface area contributed by atoms with E-state index < -0.39 is 7.14 Å². The fraction of sp³-hybridized carbons (Fsp3) is 0.0952. The smallest absolute Gasteiger partial charge is 0.171 e. The van der Waals surface area contributed by atoms with Crippen molar-refractivity contribution in [1.82, 2.24) is 4.57 Å². The predicted molar refractivity (Wildman–Crippen MR) is 194 cm³/mol. The fourth-order valence-electron chi connectivity index (χ4n) is 6.30. The molecule has 1 unspecified atom stereocenters. The van der Waals surface area contributed by atoms with Gasteiger partial charge in [-0.05, 0) is 51.9 Å². The fourth-order valence-corrected chi connectivity index (χ4v) is 8.95. The second-order valence-electron chi connectivity index (χ2n) is 12.7. The van der Waals surface area contributed by atoms with Crippen molar-refractivity contribution < 1.29 is 4.57 Å². The first kappa shape index (κ1) is 28.8. The minimum atomic E-state index is -3.22. The minimum absolute atomic E-state index is 0.0689. The molecule has 6 aromatic carbocycles. The molecule has 2 nitrogen and oxygen atoms in total. The predicted octanol–water partition coefficient (Wildman–Crippen LogP) is 10.0.